The van der Waals surface area contributed by atoms with E-state index in [2.05, 4.69) is 12.2 Å². The van der Waals surface area contributed by atoms with E-state index in [1.165, 1.54) is 18.1 Å². The number of rotatable bonds is 7. The second-order valence-corrected chi connectivity index (χ2v) is 11.5. The normalized spacial score (nSPS) is 26.9. The molecule has 11 heteroatoms. The highest BCUT2D eigenvalue weighted by Gasteiger charge is 2.64. The van der Waals surface area contributed by atoms with Gasteiger partial charge in [0, 0.05) is 34.7 Å². The monoisotopic (exact) mass is 543 g/mol. The minimum atomic E-state index is -2.67. The Hall–Kier alpha value is -3.41. The van der Waals surface area contributed by atoms with Gasteiger partial charge in [-0.05, 0) is 59.2 Å². The lowest BCUT2D eigenvalue weighted by molar-refractivity contribution is -0.153. The molecule has 11 nitrogen and oxygen atoms in total. The van der Waals surface area contributed by atoms with Crippen molar-refractivity contribution in [2.45, 2.75) is 63.8 Å². The van der Waals surface area contributed by atoms with Crippen molar-refractivity contribution >= 4 is 23.2 Å². The Morgan fingerprint density at radius 3 is 2.44 bits per heavy atom. The molecule has 1 amide bonds. The highest BCUT2D eigenvalue weighted by atomic mass is 16.5. The zero-order chi connectivity index (χ0) is 29.2. The Bertz CT molecular complexity index is 1330. The Kier molecular flexibility index (Phi) is 7.08. The molecule has 4 atom stereocenters. The smallest absolute Gasteiger partial charge is 0.255 e. The van der Waals surface area contributed by atoms with E-state index < -0.39 is 58.0 Å². The van der Waals surface area contributed by atoms with Crippen LogP contribution in [0.3, 0.4) is 0 Å². The molecule has 212 valence electrons. The summed E-state index contributed by atoms with van der Waals surface area (Å²) in [5, 5.41) is 48.4. The Labute approximate surface area is 226 Å². The summed E-state index contributed by atoms with van der Waals surface area (Å²) in [7, 11) is 4.61. The number of phenolic OH excluding ortho intramolecular Hbond substituents is 1. The number of hydrogen-bond acceptors (Lipinski definition) is 10. The van der Waals surface area contributed by atoms with E-state index in [1.54, 1.807) is 14.1 Å². The van der Waals surface area contributed by atoms with E-state index in [0.29, 0.717) is 23.4 Å². The lowest BCUT2D eigenvalue weighted by Gasteiger charge is -2.50. The first kappa shape index (κ1) is 28.6. The van der Waals surface area contributed by atoms with Crippen LogP contribution in [0.2, 0.25) is 0 Å². The standard InChI is InChI=1S/C28H37N3O8/c1-7-27(2,3)30-11-13-10-16(32)18-14(23(13)39-6)8-12-9-15-20(31(4)5)22(34)19(26(29)37)25(36)28(15,38)24(35)17(12)21(18)33/h10,12,15,20,30,32-33,36,38H,7-9,11H2,1-6H3,(H2,29,37)/t12-,15-,20-,28-/m0/s1. The fourth-order valence-electron chi connectivity index (χ4n) is 6.20. The van der Waals surface area contributed by atoms with Gasteiger partial charge in [-0.1, -0.05) is 6.92 Å². The summed E-state index contributed by atoms with van der Waals surface area (Å²) in [5.41, 5.74) is 2.63. The Morgan fingerprint density at radius 1 is 1.26 bits per heavy atom. The summed E-state index contributed by atoms with van der Waals surface area (Å²) < 4.78 is 5.73. The molecule has 3 aliphatic carbocycles. The molecule has 0 unspecified atom stereocenters. The van der Waals surface area contributed by atoms with Crippen LogP contribution in [0.5, 0.6) is 11.5 Å². The summed E-state index contributed by atoms with van der Waals surface area (Å²) in [6.07, 6.45) is 1.04. The number of aliphatic hydroxyl groups is 3. The van der Waals surface area contributed by atoms with E-state index in [-0.39, 0.29) is 35.3 Å². The van der Waals surface area contributed by atoms with Gasteiger partial charge in [0.2, 0.25) is 5.78 Å². The van der Waals surface area contributed by atoms with E-state index >= 15 is 0 Å². The van der Waals surface area contributed by atoms with E-state index in [0.717, 1.165) is 6.42 Å². The van der Waals surface area contributed by atoms with Gasteiger partial charge in [0.25, 0.3) is 5.91 Å². The first-order valence-electron chi connectivity index (χ1n) is 12.9. The number of ketones is 2. The number of amides is 1. The number of nitrogens with zero attached hydrogens (tertiary/aromatic N) is 1. The van der Waals surface area contributed by atoms with Crippen molar-refractivity contribution < 1.29 is 39.5 Å². The van der Waals surface area contributed by atoms with Crippen LogP contribution in [-0.4, -0.2) is 81.2 Å². The van der Waals surface area contributed by atoms with Gasteiger partial charge in [-0.2, -0.15) is 0 Å². The second-order valence-electron chi connectivity index (χ2n) is 11.5. The molecule has 0 aliphatic heterocycles. The summed E-state index contributed by atoms with van der Waals surface area (Å²) in [4.78, 5) is 40.7. The first-order chi connectivity index (χ1) is 18.1. The Morgan fingerprint density at radius 2 is 1.90 bits per heavy atom. The maximum absolute atomic E-state index is 13.9. The number of likely N-dealkylation sites (N-methyl/N-ethyl adjacent to an activating group) is 1. The second kappa shape index (κ2) is 9.65. The number of hydrogen-bond donors (Lipinski definition) is 6. The highest BCUT2D eigenvalue weighted by Crippen LogP contribution is 2.54. The molecule has 7 N–H and O–H groups in total. The van der Waals surface area contributed by atoms with Gasteiger partial charge >= 0.3 is 0 Å². The maximum Gasteiger partial charge on any atom is 0.255 e. The van der Waals surface area contributed by atoms with Crippen molar-refractivity contribution in [2.24, 2.45) is 17.6 Å². The lowest BCUT2D eigenvalue weighted by Crippen LogP contribution is -2.65. The van der Waals surface area contributed by atoms with Crippen LogP contribution in [0.1, 0.15) is 50.3 Å². The molecule has 1 fully saturated rings. The predicted octanol–water partition coefficient (Wildman–Crippen LogP) is 1.25. The summed E-state index contributed by atoms with van der Waals surface area (Å²) in [6.45, 7) is 6.53. The van der Waals surface area contributed by atoms with Gasteiger partial charge in [0.05, 0.1) is 18.7 Å². The van der Waals surface area contributed by atoms with Gasteiger partial charge in [0.15, 0.2) is 11.4 Å². The fraction of sp³-hybridized carbons (Fsp3) is 0.536. The molecule has 0 saturated heterocycles. The number of nitrogens with two attached hydrogens (primary N) is 1. The first-order valence-corrected chi connectivity index (χ1v) is 12.9. The van der Waals surface area contributed by atoms with E-state index in [9.17, 15) is 34.8 Å². The number of Topliss-reactive ketones (excluding diaryl/α,β-unsaturated/α-hetero) is 2. The van der Waals surface area contributed by atoms with Crippen LogP contribution in [0.25, 0.3) is 5.76 Å². The average Bonchev–Trinajstić information content (AvgIpc) is 2.84. The zero-order valence-electron chi connectivity index (χ0n) is 23.1. The van der Waals surface area contributed by atoms with Crippen molar-refractivity contribution in [1.29, 1.82) is 0 Å². The zero-order valence-corrected chi connectivity index (χ0v) is 23.1. The average molecular weight is 544 g/mol. The third-order valence-corrected chi connectivity index (χ3v) is 8.59. The summed E-state index contributed by atoms with van der Waals surface area (Å²) in [5.74, 6) is -6.39. The number of benzene rings is 1. The number of phenols is 1. The molecule has 0 spiro atoms. The van der Waals surface area contributed by atoms with Crippen LogP contribution in [0.15, 0.2) is 23.0 Å². The summed E-state index contributed by atoms with van der Waals surface area (Å²) >= 11 is 0. The lowest BCUT2D eigenvalue weighted by atomic mass is 9.57. The van der Waals surface area contributed by atoms with Crippen LogP contribution in [0, 0.1) is 11.8 Å². The number of ether oxygens (including phenoxy) is 1. The van der Waals surface area contributed by atoms with Crippen molar-refractivity contribution in [2.75, 3.05) is 21.2 Å². The van der Waals surface area contributed by atoms with Crippen LogP contribution in [0.4, 0.5) is 0 Å². The van der Waals surface area contributed by atoms with E-state index in [1.807, 2.05) is 13.8 Å². The number of carbonyl (C=O) groups excluding carboxylic acids is 3. The van der Waals surface area contributed by atoms with Crippen LogP contribution < -0.4 is 15.8 Å². The number of aromatic hydroxyl groups is 1. The molecule has 1 aromatic rings. The van der Waals surface area contributed by atoms with E-state index in [4.69, 9.17) is 10.5 Å². The van der Waals surface area contributed by atoms with Crippen LogP contribution in [-0.2, 0) is 27.3 Å². The van der Waals surface area contributed by atoms with Crippen molar-refractivity contribution in [3.05, 3.63) is 39.7 Å². The van der Waals surface area contributed by atoms with Gasteiger partial charge in [0.1, 0.15) is 28.6 Å². The maximum atomic E-state index is 13.9. The number of fused-ring (bicyclic) bond motifs is 3. The number of methoxy groups -OCH3 is 1. The third kappa shape index (κ3) is 4.19. The van der Waals surface area contributed by atoms with Crippen molar-refractivity contribution in [3.8, 4) is 11.5 Å². The topological polar surface area (TPSA) is 183 Å². The quantitative estimate of drug-likeness (QED) is 0.274. The predicted molar refractivity (Wildman–Crippen MR) is 142 cm³/mol. The van der Waals surface area contributed by atoms with Gasteiger partial charge < -0.3 is 36.2 Å². The molecule has 0 heterocycles. The molecular formula is C28H37N3O8. The minimum Gasteiger partial charge on any atom is -0.508 e. The number of nitrogens with one attached hydrogen (secondary N) is 1. The molecule has 0 bridgehead atoms. The van der Waals surface area contributed by atoms with Crippen molar-refractivity contribution in [3.63, 3.8) is 0 Å². The molecule has 1 saturated carbocycles. The van der Waals surface area contributed by atoms with Crippen LogP contribution >= 0.6 is 0 Å². The Balaban J connectivity index is 1.90. The van der Waals surface area contributed by atoms with Crippen molar-refractivity contribution in [1.82, 2.24) is 10.2 Å². The number of aliphatic hydroxyl groups excluding tert-OH is 2. The van der Waals surface area contributed by atoms with Gasteiger partial charge in [-0.3, -0.25) is 19.3 Å². The highest BCUT2D eigenvalue weighted by molar-refractivity contribution is 6.24. The molecule has 0 aromatic heterocycles. The summed E-state index contributed by atoms with van der Waals surface area (Å²) in [6, 6.07) is 0.326. The fourth-order valence-corrected chi connectivity index (χ4v) is 6.20. The minimum absolute atomic E-state index is 0.00152. The molecule has 4 rings (SSSR count). The van der Waals surface area contributed by atoms with Gasteiger partial charge in [-0.25, -0.2) is 0 Å². The molecule has 0 radical (unpaired) electrons. The largest absolute Gasteiger partial charge is 0.508 e. The SMILES string of the molecule is CCC(C)(C)NCc1cc(O)c2c(c1OC)C[C@H]1C[C@H]3[C@H](N(C)C)C(=O)C(C(N)=O)=C(O)[C@@]3(O)C(=O)C1=C2O. The van der Waals surface area contributed by atoms with Gasteiger partial charge in [-0.15, -0.1) is 0 Å². The molecular weight excluding hydrogens is 506 g/mol. The number of primary amides is 1. The molecule has 1 aromatic carbocycles. The molecule has 39 heavy (non-hydrogen) atoms. The third-order valence-electron chi connectivity index (χ3n) is 8.59. The molecule has 3 aliphatic rings. The number of carbonyl (C=O) groups is 3.